The second kappa shape index (κ2) is 6.78. The van der Waals surface area contributed by atoms with Crippen molar-refractivity contribution in [3.05, 3.63) is 54.2 Å². The summed E-state index contributed by atoms with van der Waals surface area (Å²) < 4.78 is 5.31. The van der Waals surface area contributed by atoms with Gasteiger partial charge in [-0.05, 0) is 55.5 Å². The van der Waals surface area contributed by atoms with Gasteiger partial charge < -0.3 is 9.84 Å². The van der Waals surface area contributed by atoms with E-state index >= 15 is 0 Å². The Labute approximate surface area is 140 Å². The van der Waals surface area contributed by atoms with Gasteiger partial charge in [-0.25, -0.2) is 4.98 Å². The van der Waals surface area contributed by atoms with Gasteiger partial charge in [0.15, 0.2) is 5.82 Å². The molecule has 6 nitrogen and oxygen atoms in total. The summed E-state index contributed by atoms with van der Waals surface area (Å²) >= 11 is 0. The molecule has 0 radical (unpaired) electrons. The molecule has 3 aromatic rings. The molecule has 1 saturated carbocycles. The number of hydrogen-bond acceptors (Lipinski definition) is 6. The number of nitrogens with one attached hydrogen (secondary N) is 1. The molecule has 0 saturated heterocycles. The standard InChI is InChI=1S/C18H19N5O/c1(2-13-7-10-19-11-8-13)9-20-16-6-5-15(12-21-16)18-22-17(23-24-18)14-3-4-14/h5-8,10-12,14H,1-4,9H2,(H,20,21). The van der Waals surface area contributed by atoms with Crippen molar-refractivity contribution in [3.63, 3.8) is 0 Å². The van der Waals surface area contributed by atoms with Crippen LogP contribution in [-0.4, -0.2) is 26.7 Å². The lowest BCUT2D eigenvalue weighted by molar-refractivity contribution is 0.422. The molecule has 122 valence electrons. The first kappa shape index (κ1) is 14.8. The van der Waals surface area contributed by atoms with Crippen molar-refractivity contribution in [2.24, 2.45) is 0 Å². The van der Waals surface area contributed by atoms with Crippen LogP contribution in [0.1, 0.15) is 36.6 Å². The Balaban J connectivity index is 1.29. The summed E-state index contributed by atoms with van der Waals surface area (Å²) in [6.07, 6.45) is 9.83. The minimum Gasteiger partial charge on any atom is -0.370 e. The maximum absolute atomic E-state index is 5.31. The minimum absolute atomic E-state index is 0.497. The van der Waals surface area contributed by atoms with E-state index in [1.54, 1.807) is 6.20 Å². The van der Waals surface area contributed by atoms with E-state index in [1.165, 1.54) is 18.4 Å². The fourth-order valence-corrected chi connectivity index (χ4v) is 2.54. The third-order valence-electron chi connectivity index (χ3n) is 4.09. The fraction of sp³-hybridized carbons (Fsp3) is 0.333. The van der Waals surface area contributed by atoms with Crippen LogP contribution in [0.3, 0.4) is 0 Å². The SMILES string of the molecule is c1cc(CCCNc2ccc(-c3nc(C4CC4)no3)cn2)ccn1. The quantitative estimate of drug-likeness (QED) is 0.672. The van der Waals surface area contributed by atoms with Crippen molar-refractivity contribution in [1.82, 2.24) is 20.1 Å². The van der Waals surface area contributed by atoms with E-state index in [1.807, 2.05) is 36.7 Å². The van der Waals surface area contributed by atoms with Crippen LogP contribution in [0, 0.1) is 0 Å². The van der Waals surface area contributed by atoms with Crippen molar-refractivity contribution in [3.8, 4) is 11.5 Å². The summed E-state index contributed by atoms with van der Waals surface area (Å²) in [6.45, 7) is 0.876. The molecule has 0 bridgehead atoms. The van der Waals surface area contributed by atoms with Crippen LogP contribution in [0.2, 0.25) is 0 Å². The predicted octanol–water partition coefficient (Wildman–Crippen LogP) is 3.45. The van der Waals surface area contributed by atoms with E-state index in [0.717, 1.165) is 36.6 Å². The Bertz CT molecular complexity index is 781. The van der Waals surface area contributed by atoms with E-state index in [9.17, 15) is 0 Å². The highest BCUT2D eigenvalue weighted by molar-refractivity contribution is 5.54. The number of rotatable bonds is 7. The van der Waals surface area contributed by atoms with Gasteiger partial charge in [0.25, 0.3) is 5.89 Å². The lowest BCUT2D eigenvalue weighted by atomic mass is 10.1. The van der Waals surface area contributed by atoms with Gasteiger partial charge in [0.2, 0.25) is 0 Å². The first-order chi connectivity index (χ1) is 11.9. The fourth-order valence-electron chi connectivity index (χ4n) is 2.54. The first-order valence-corrected chi connectivity index (χ1v) is 8.31. The first-order valence-electron chi connectivity index (χ1n) is 8.31. The molecule has 0 unspecified atom stereocenters. The Morgan fingerprint density at radius 3 is 2.75 bits per heavy atom. The van der Waals surface area contributed by atoms with E-state index in [-0.39, 0.29) is 0 Å². The predicted molar refractivity (Wildman–Crippen MR) is 90.6 cm³/mol. The molecule has 1 fully saturated rings. The average molecular weight is 321 g/mol. The molecule has 24 heavy (non-hydrogen) atoms. The van der Waals surface area contributed by atoms with Crippen LogP contribution in [0.15, 0.2) is 47.4 Å². The topological polar surface area (TPSA) is 76.7 Å². The van der Waals surface area contributed by atoms with Crippen molar-refractivity contribution < 1.29 is 4.52 Å². The summed E-state index contributed by atoms with van der Waals surface area (Å²) in [4.78, 5) is 12.9. The minimum atomic E-state index is 0.497. The molecule has 0 aromatic carbocycles. The van der Waals surface area contributed by atoms with Gasteiger partial charge in [-0.3, -0.25) is 4.98 Å². The van der Waals surface area contributed by atoms with Gasteiger partial charge in [-0.1, -0.05) is 5.16 Å². The van der Waals surface area contributed by atoms with Gasteiger partial charge in [0, 0.05) is 31.1 Å². The van der Waals surface area contributed by atoms with E-state index in [2.05, 4.69) is 25.4 Å². The molecule has 1 aliphatic carbocycles. The molecule has 6 heteroatoms. The van der Waals surface area contributed by atoms with E-state index in [0.29, 0.717) is 11.8 Å². The summed E-state index contributed by atoms with van der Waals surface area (Å²) in [5.74, 6) is 2.73. The molecule has 0 atom stereocenters. The monoisotopic (exact) mass is 321 g/mol. The summed E-state index contributed by atoms with van der Waals surface area (Å²) in [7, 11) is 0. The van der Waals surface area contributed by atoms with Crippen molar-refractivity contribution in [1.29, 1.82) is 0 Å². The highest BCUT2D eigenvalue weighted by atomic mass is 16.5. The summed E-state index contributed by atoms with van der Waals surface area (Å²) in [5.41, 5.74) is 2.16. The zero-order valence-electron chi connectivity index (χ0n) is 13.4. The van der Waals surface area contributed by atoms with Crippen molar-refractivity contribution in [2.75, 3.05) is 11.9 Å². The maximum atomic E-state index is 5.31. The molecule has 0 spiro atoms. The zero-order valence-corrected chi connectivity index (χ0v) is 13.4. The summed E-state index contributed by atoms with van der Waals surface area (Å²) in [6, 6.07) is 8.01. The number of pyridine rings is 2. The van der Waals surface area contributed by atoms with Crippen LogP contribution in [0.4, 0.5) is 5.82 Å². The second-order valence-electron chi connectivity index (χ2n) is 6.05. The zero-order chi connectivity index (χ0) is 16.2. The molecule has 3 heterocycles. The molecule has 3 aromatic heterocycles. The van der Waals surface area contributed by atoms with Gasteiger partial charge in [0.1, 0.15) is 5.82 Å². The smallest absolute Gasteiger partial charge is 0.259 e. The van der Waals surface area contributed by atoms with Crippen LogP contribution in [0.5, 0.6) is 0 Å². The molecular weight excluding hydrogens is 302 g/mol. The van der Waals surface area contributed by atoms with Crippen molar-refractivity contribution >= 4 is 5.82 Å². The average Bonchev–Trinajstić information content (AvgIpc) is 3.37. The highest BCUT2D eigenvalue weighted by Gasteiger charge is 2.28. The number of hydrogen-bond donors (Lipinski definition) is 1. The molecule has 1 N–H and O–H groups in total. The second-order valence-corrected chi connectivity index (χ2v) is 6.05. The normalized spacial score (nSPS) is 13.8. The van der Waals surface area contributed by atoms with Crippen LogP contribution in [-0.2, 0) is 6.42 Å². The molecular formula is C18H19N5O. The molecule has 1 aliphatic rings. The summed E-state index contributed by atoms with van der Waals surface area (Å²) in [5, 5.41) is 7.37. The highest BCUT2D eigenvalue weighted by Crippen LogP contribution is 2.38. The lowest BCUT2D eigenvalue weighted by Crippen LogP contribution is -2.04. The maximum Gasteiger partial charge on any atom is 0.259 e. The Hall–Kier alpha value is -2.76. The molecule has 0 amide bonds. The van der Waals surface area contributed by atoms with Gasteiger partial charge >= 0.3 is 0 Å². The van der Waals surface area contributed by atoms with Gasteiger partial charge in [-0.2, -0.15) is 4.98 Å². The largest absolute Gasteiger partial charge is 0.370 e. The number of anilines is 1. The Morgan fingerprint density at radius 1 is 1.12 bits per heavy atom. The van der Waals surface area contributed by atoms with Crippen molar-refractivity contribution in [2.45, 2.75) is 31.6 Å². The number of nitrogens with zero attached hydrogens (tertiary/aromatic N) is 4. The molecule has 0 aliphatic heterocycles. The third kappa shape index (κ3) is 3.59. The molecule has 4 rings (SSSR count). The number of aryl methyl sites for hydroxylation is 1. The van der Waals surface area contributed by atoms with Crippen LogP contribution in [0.25, 0.3) is 11.5 Å². The van der Waals surface area contributed by atoms with Gasteiger partial charge in [-0.15, -0.1) is 0 Å². The van der Waals surface area contributed by atoms with Crippen LogP contribution >= 0.6 is 0 Å². The number of aromatic nitrogens is 4. The Morgan fingerprint density at radius 2 is 2.00 bits per heavy atom. The Kier molecular flexibility index (Phi) is 4.18. The lowest BCUT2D eigenvalue weighted by Gasteiger charge is -2.05. The van der Waals surface area contributed by atoms with E-state index in [4.69, 9.17) is 4.52 Å². The van der Waals surface area contributed by atoms with Gasteiger partial charge in [0.05, 0.1) is 5.56 Å². The van der Waals surface area contributed by atoms with E-state index < -0.39 is 0 Å². The van der Waals surface area contributed by atoms with Crippen LogP contribution < -0.4 is 5.32 Å². The third-order valence-corrected chi connectivity index (χ3v) is 4.09.